The summed E-state index contributed by atoms with van der Waals surface area (Å²) in [5.74, 6) is -1.78. The summed E-state index contributed by atoms with van der Waals surface area (Å²) >= 11 is 12.3. The van der Waals surface area contributed by atoms with Gasteiger partial charge in [-0.3, -0.25) is 0 Å². The van der Waals surface area contributed by atoms with Crippen LogP contribution in [0.2, 0.25) is 10.0 Å². The Kier molecular flexibility index (Phi) is 7.59. The second kappa shape index (κ2) is 10.2. The molecule has 0 aliphatic heterocycles. The van der Waals surface area contributed by atoms with Crippen LogP contribution in [0.3, 0.4) is 0 Å². The number of fused-ring (bicyclic) bond motifs is 1. The van der Waals surface area contributed by atoms with E-state index in [1.165, 1.54) is 6.07 Å². The third-order valence-corrected chi connectivity index (χ3v) is 6.05. The van der Waals surface area contributed by atoms with E-state index in [0.717, 1.165) is 31.2 Å². The number of aryl methyl sites for hydroxylation is 1. The molecule has 0 saturated carbocycles. The number of phenols is 3. The molecule has 0 heterocycles. The van der Waals surface area contributed by atoms with Gasteiger partial charge in [-0.25, -0.2) is 4.79 Å². The molecular formula is C24H24Cl2O6. The van der Waals surface area contributed by atoms with Gasteiger partial charge in [0.25, 0.3) is 0 Å². The number of carboxylic acid groups (broad SMARTS) is 1. The van der Waals surface area contributed by atoms with Crippen molar-refractivity contribution in [3.05, 3.63) is 57.1 Å². The minimum Gasteiger partial charge on any atom is -0.507 e. The number of halogens is 2. The number of ether oxygens (including phenoxy) is 1. The van der Waals surface area contributed by atoms with E-state index in [4.69, 9.17) is 27.9 Å². The Balaban J connectivity index is 1.63. The molecule has 8 heteroatoms. The van der Waals surface area contributed by atoms with Crippen LogP contribution in [-0.4, -0.2) is 33.0 Å². The van der Waals surface area contributed by atoms with Crippen LogP contribution in [0.4, 0.5) is 0 Å². The van der Waals surface area contributed by atoms with Crippen molar-refractivity contribution in [3.8, 4) is 23.0 Å². The average molecular weight is 479 g/mol. The Morgan fingerprint density at radius 3 is 2.25 bits per heavy atom. The van der Waals surface area contributed by atoms with Gasteiger partial charge in [-0.15, -0.1) is 0 Å². The standard InChI is InChI=1S/C24H24Cl2O6/c1-2-5-15-18(10-9-16(21(15)27)24(30)31)32-11-4-3-6-13-7-8-14-17(12-13)20(26)23(29)22(28)19(14)25/h7-10,12,27-29H,2-6,11H2,1H3,(H,30,31). The lowest BCUT2D eigenvalue weighted by atomic mass is 10.0. The number of hydrogen-bond donors (Lipinski definition) is 4. The molecule has 0 fully saturated rings. The third kappa shape index (κ3) is 4.81. The number of benzene rings is 3. The maximum Gasteiger partial charge on any atom is 0.339 e. The molecule has 3 aromatic rings. The maximum absolute atomic E-state index is 11.2. The summed E-state index contributed by atoms with van der Waals surface area (Å²) in [6.07, 6.45) is 3.55. The van der Waals surface area contributed by atoms with Crippen LogP contribution in [-0.2, 0) is 12.8 Å². The smallest absolute Gasteiger partial charge is 0.339 e. The van der Waals surface area contributed by atoms with Crippen LogP contribution in [0.25, 0.3) is 10.8 Å². The number of carboxylic acids is 1. The topological polar surface area (TPSA) is 107 Å². The van der Waals surface area contributed by atoms with Crippen molar-refractivity contribution in [2.45, 2.75) is 39.0 Å². The highest BCUT2D eigenvalue weighted by atomic mass is 35.5. The van der Waals surface area contributed by atoms with Crippen LogP contribution < -0.4 is 4.74 Å². The van der Waals surface area contributed by atoms with Crippen molar-refractivity contribution >= 4 is 39.9 Å². The highest BCUT2D eigenvalue weighted by Crippen LogP contribution is 2.46. The number of aromatic carboxylic acids is 1. The van der Waals surface area contributed by atoms with Crippen LogP contribution >= 0.6 is 23.2 Å². The van der Waals surface area contributed by atoms with E-state index >= 15 is 0 Å². The van der Waals surface area contributed by atoms with Gasteiger partial charge in [0.1, 0.15) is 17.1 Å². The predicted molar refractivity (Wildman–Crippen MR) is 125 cm³/mol. The molecule has 0 spiro atoms. The molecule has 0 bridgehead atoms. The number of aromatic hydroxyl groups is 3. The molecular weight excluding hydrogens is 455 g/mol. The van der Waals surface area contributed by atoms with Crippen molar-refractivity contribution in [2.75, 3.05) is 6.61 Å². The fraction of sp³-hybridized carbons (Fsp3) is 0.292. The van der Waals surface area contributed by atoms with E-state index in [1.54, 1.807) is 12.1 Å². The van der Waals surface area contributed by atoms with Crippen molar-refractivity contribution in [1.82, 2.24) is 0 Å². The minimum absolute atomic E-state index is 0.0557. The maximum atomic E-state index is 11.2. The number of carbonyl (C=O) groups is 1. The van der Waals surface area contributed by atoms with Gasteiger partial charge in [-0.2, -0.15) is 0 Å². The zero-order valence-electron chi connectivity index (χ0n) is 17.5. The molecule has 170 valence electrons. The third-order valence-electron chi connectivity index (χ3n) is 5.28. The summed E-state index contributed by atoms with van der Waals surface area (Å²) in [7, 11) is 0. The molecule has 0 aromatic heterocycles. The molecule has 4 N–H and O–H groups in total. The molecule has 0 amide bonds. The van der Waals surface area contributed by atoms with Crippen LogP contribution in [0.1, 0.15) is 47.7 Å². The summed E-state index contributed by atoms with van der Waals surface area (Å²) in [6.45, 7) is 2.36. The SMILES string of the molecule is CCCc1c(OCCCCc2ccc3c(Cl)c(O)c(O)c(Cl)c3c2)ccc(C(=O)O)c1O. The summed E-state index contributed by atoms with van der Waals surface area (Å²) in [5.41, 5.74) is 1.38. The Morgan fingerprint density at radius 2 is 1.59 bits per heavy atom. The number of hydrogen-bond acceptors (Lipinski definition) is 5. The molecule has 6 nitrogen and oxygen atoms in total. The highest BCUT2D eigenvalue weighted by Gasteiger charge is 2.18. The zero-order valence-corrected chi connectivity index (χ0v) is 19.0. The highest BCUT2D eigenvalue weighted by molar-refractivity contribution is 6.42. The Morgan fingerprint density at radius 1 is 0.906 bits per heavy atom. The first kappa shape index (κ1) is 23.8. The Labute approximate surface area is 195 Å². The van der Waals surface area contributed by atoms with Gasteiger partial charge >= 0.3 is 5.97 Å². The molecule has 32 heavy (non-hydrogen) atoms. The summed E-state index contributed by atoms with van der Waals surface area (Å²) in [4.78, 5) is 11.2. The van der Waals surface area contributed by atoms with Crippen molar-refractivity contribution in [3.63, 3.8) is 0 Å². The van der Waals surface area contributed by atoms with Crippen LogP contribution in [0, 0.1) is 0 Å². The van der Waals surface area contributed by atoms with Gasteiger partial charge in [0.05, 0.1) is 16.7 Å². The first-order chi connectivity index (χ1) is 15.3. The van der Waals surface area contributed by atoms with Crippen LogP contribution in [0.15, 0.2) is 30.3 Å². The average Bonchev–Trinajstić information content (AvgIpc) is 2.77. The second-order valence-corrected chi connectivity index (χ2v) is 8.26. The zero-order chi connectivity index (χ0) is 23.4. The molecule has 0 saturated heterocycles. The van der Waals surface area contributed by atoms with Gasteiger partial charge in [-0.05, 0) is 49.4 Å². The molecule has 0 unspecified atom stereocenters. The normalized spacial score (nSPS) is 11.1. The molecule has 3 aromatic carbocycles. The van der Waals surface area contributed by atoms with Crippen molar-refractivity contribution < 1.29 is 30.0 Å². The van der Waals surface area contributed by atoms with Crippen LogP contribution in [0.5, 0.6) is 23.0 Å². The summed E-state index contributed by atoms with van der Waals surface area (Å²) in [5, 5.41) is 40.5. The van der Waals surface area contributed by atoms with Crippen molar-refractivity contribution in [2.24, 2.45) is 0 Å². The molecule has 0 atom stereocenters. The predicted octanol–water partition coefficient (Wildman–Crippen LogP) is 6.32. The lowest BCUT2D eigenvalue weighted by molar-refractivity contribution is 0.0693. The minimum atomic E-state index is -1.17. The lowest BCUT2D eigenvalue weighted by Gasteiger charge is -2.14. The van der Waals surface area contributed by atoms with Gasteiger partial charge in [0.15, 0.2) is 11.5 Å². The largest absolute Gasteiger partial charge is 0.507 e. The van der Waals surface area contributed by atoms with E-state index in [0.29, 0.717) is 35.1 Å². The summed E-state index contributed by atoms with van der Waals surface area (Å²) < 4.78 is 5.82. The van der Waals surface area contributed by atoms with Gasteiger partial charge in [0, 0.05) is 16.3 Å². The number of phenolic OH excluding ortho intramolecular Hbond substituents is 2. The fourth-order valence-corrected chi connectivity index (χ4v) is 4.11. The van der Waals surface area contributed by atoms with Gasteiger partial charge in [0.2, 0.25) is 0 Å². The van der Waals surface area contributed by atoms with E-state index < -0.39 is 17.5 Å². The Hall–Kier alpha value is -2.83. The van der Waals surface area contributed by atoms with Gasteiger partial charge < -0.3 is 25.2 Å². The monoisotopic (exact) mass is 478 g/mol. The quantitative estimate of drug-likeness (QED) is 0.212. The number of unbranched alkanes of at least 4 members (excludes halogenated alkanes) is 1. The first-order valence-corrected chi connectivity index (χ1v) is 11.0. The van der Waals surface area contributed by atoms with Gasteiger partial charge in [-0.1, -0.05) is 48.7 Å². The number of rotatable bonds is 9. The van der Waals surface area contributed by atoms with E-state index in [9.17, 15) is 25.2 Å². The second-order valence-electron chi connectivity index (χ2n) is 7.50. The lowest BCUT2D eigenvalue weighted by Crippen LogP contribution is -2.04. The van der Waals surface area contributed by atoms with Crippen molar-refractivity contribution in [1.29, 1.82) is 0 Å². The Bertz CT molecular complexity index is 1160. The fourth-order valence-electron chi connectivity index (χ4n) is 3.61. The summed E-state index contributed by atoms with van der Waals surface area (Å²) in [6, 6.07) is 8.43. The van der Waals surface area contributed by atoms with E-state index in [1.807, 2.05) is 19.1 Å². The molecule has 0 aliphatic rings. The van der Waals surface area contributed by atoms with E-state index in [-0.39, 0.29) is 21.4 Å². The first-order valence-electron chi connectivity index (χ1n) is 10.3. The van der Waals surface area contributed by atoms with E-state index in [2.05, 4.69) is 0 Å². The molecule has 3 rings (SSSR count). The molecule has 0 radical (unpaired) electrons. The molecule has 0 aliphatic carbocycles.